The van der Waals surface area contributed by atoms with E-state index in [1.807, 2.05) is 67.6 Å². The average Bonchev–Trinajstić information content (AvgIpc) is 2.95. The SMILES string of the molecule is C[C@H](N=CC1N=C(c2ccccc2)OC1=O)c1ccccc1. The number of benzene rings is 2. The van der Waals surface area contributed by atoms with E-state index in [0.717, 1.165) is 11.1 Å². The van der Waals surface area contributed by atoms with Crippen LogP contribution in [0.25, 0.3) is 0 Å². The smallest absolute Gasteiger partial charge is 0.343 e. The third-order valence-electron chi connectivity index (χ3n) is 3.45. The number of esters is 1. The van der Waals surface area contributed by atoms with Crippen LogP contribution in [0.4, 0.5) is 0 Å². The van der Waals surface area contributed by atoms with Gasteiger partial charge >= 0.3 is 5.97 Å². The van der Waals surface area contributed by atoms with Gasteiger partial charge in [0.05, 0.1) is 6.04 Å². The summed E-state index contributed by atoms with van der Waals surface area (Å²) in [6.07, 6.45) is 1.57. The van der Waals surface area contributed by atoms with Gasteiger partial charge in [0.2, 0.25) is 5.90 Å². The van der Waals surface area contributed by atoms with Crippen molar-refractivity contribution in [1.82, 2.24) is 0 Å². The topological polar surface area (TPSA) is 51.0 Å². The van der Waals surface area contributed by atoms with Crippen LogP contribution < -0.4 is 0 Å². The third-order valence-corrected chi connectivity index (χ3v) is 3.45. The number of hydrogen-bond acceptors (Lipinski definition) is 4. The summed E-state index contributed by atoms with van der Waals surface area (Å²) in [5, 5.41) is 0. The van der Waals surface area contributed by atoms with Gasteiger partial charge in [-0.15, -0.1) is 0 Å². The Morgan fingerprint density at radius 3 is 2.41 bits per heavy atom. The molecule has 1 aliphatic heterocycles. The van der Waals surface area contributed by atoms with Crippen LogP contribution in [0.15, 0.2) is 70.6 Å². The summed E-state index contributed by atoms with van der Waals surface area (Å²) in [6, 6.07) is 18.6. The van der Waals surface area contributed by atoms with Crippen LogP contribution in [-0.4, -0.2) is 24.1 Å². The Morgan fingerprint density at radius 2 is 1.73 bits per heavy atom. The number of ether oxygens (including phenoxy) is 1. The van der Waals surface area contributed by atoms with Gasteiger partial charge in [-0.25, -0.2) is 9.79 Å². The second kappa shape index (κ2) is 6.35. The number of aliphatic imine (C=N–C) groups is 2. The van der Waals surface area contributed by atoms with Gasteiger partial charge in [-0.2, -0.15) is 0 Å². The molecule has 2 atom stereocenters. The normalized spacial score (nSPS) is 19.0. The van der Waals surface area contributed by atoms with Crippen molar-refractivity contribution in [3.8, 4) is 0 Å². The first-order chi connectivity index (χ1) is 10.7. The van der Waals surface area contributed by atoms with E-state index in [1.54, 1.807) is 6.21 Å². The molecule has 110 valence electrons. The maximum atomic E-state index is 11.9. The fraction of sp³-hybridized carbons (Fsp3) is 0.167. The number of hydrogen-bond donors (Lipinski definition) is 0. The third kappa shape index (κ3) is 3.11. The van der Waals surface area contributed by atoms with Crippen molar-refractivity contribution in [3.05, 3.63) is 71.8 Å². The van der Waals surface area contributed by atoms with Crippen molar-refractivity contribution in [3.63, 3.8) is 0 Å². The molecule has 1 aliphatic rings. The molecule has 0 aromatic heterocycles. The molecule has 0 N–H and O–H groups in total. The lowest BCUT2D eigenvalue weighted by atomic mass is 10.1. The van der Waals surface area contributed by atoms with Crippen LogP contribution in [-0.2, 0) is 9.53 Å². The van der Waals surface area contributed by atoms with Crippen molar-refractivity contribution in [2.75, 3.05) is 0 Å². The van der Waals surface area contributed by atoms with E-state index >= 15 is 0 Å². The molecule has 3 rings (SSSR count). The van der Waals surface area contributed by atoms with Gasteiger partial charge in [0.15, 0.2) is 6.04 Å². The molecule has 0 bridgehead atoms. The number of carbonyl (C=O) groups is 1. The Balaban J connectivity index is 1.74. The lowest BCUT2D eigenvalue weighted by Gasteiger charge is -2.05. The molecule has 0 aliphatic carbocycles. The van der Waals surface area contributed by atoms with Crippen molar-refractivity contribution in [1.29, 1.82) is 0 Å². The van der Waals surface area contributed by atoms with Gasteiger partial charge in [-0.05, 0) is 24.6 Å². The zero-order valence-electron chi connectivity index (χ0n) is 12.2. The fourth-order valence-corrected chi connectivity index (χ4v) is 2.20. The largest absolute Gasteiger partial charge is 0.405 e. The molecule has 0 saturated heterocycles. The zero-order valence-corrected chi connectivity index (χ0v) is 12.2. The van der Waals surface area contributed by atoms with E-state index < -0.39 is 6.04 Å². The predicted octanol–water partition coefficient (Wildman–Crippen LogP) is 3.19. The number of cyclic esters (lactones) is 1. The van der Waals surface area contributed by atoms with E-state index in [9.17, 15) is 4.79 Å². The van der Waals surface area contributed by atoms with Gasteiger partial charge < -0.3 is 4.74 Å². The average molecular weight is 292 g/mol. The summed E-state index contributed by atoms with van der Waals surface area (Å²) in [4.78, 5) is 20.6. The second-order valence-electron chi connectivity index (χ2n) is 5.05. The summed E-state index contributed by atoms with van der Waals surface area (Å²) in [6.45, 7) is 1.98. The molecule has 2 aromatic rings. The molecule has 22 heavy (non-hydrogen) atoms. The Kier molecular flexibility index (Phi) is 4.10. The lowest BCUT2D eigenvalue weighted by Crippen LogP contribution is -2.16. The summed E-state index contributed by atoms with van der Waals surface area (Å²) in [5.41, 5.74) is 1.89. The summed E-state index contributed by atoms with van der Waals surface area (Å²) in [7, 11) is 0. The maximum Gasteiger partial charge on any atom is 0.343 e. The van der Waals surface area contributed by atoms with E-state index in [2.05, 4.69) is 9.98 Å². The van der Waals surface area contributed by atoms with Gasteiger partial charge in [0.1, 0.15) is 0 Å². The molecule has 0 amide bonds. The van der Waals surface area contributed by atoms with Crippen LogP contribution in [0.2, 0.25) is 0 Å². The molecule has 1 unspecified atom stereocenters. The van der Waals surface area contributed by atoms with E-state index in [1.165, 1.54) is 0 Å². The van der Waals surface area contributed by atoms with Gasteiger partial charge in [0, 0.05) is 11.8 Å². The molecule has 0 radical (unpaired) electrons. The highest BCUT2D eigenvalue weighted by Gasteiger charge is 2.28. The molecular formula is C18H16N2O2. The Hall–Kier alpha value is -2.75. The molecule has 4 nitrogen and oxygen atoms in total. The summed E-state index contributed by atoms with van der Waals surface area (Å²) >= 11 is 0. The van der Waals surface area contributed by atoms with E-state index in [4.69, 9.17) is 4.74 Å². The zero-order chi connectivity index (χ0) is 15.4. The highest BCUT2D eigenvalue weighted by Crippen LogP contribution is 2.17. The highest BCUT2D eigenvalue weighted by atomic mass is 16.6. The van der Waals surface area contributed by atoms with Crippen LogP contribution in [0.3, 0.4) is 0 Å². The molecular weight excluding hydrogens is 276 g/mol. The quantitative estimate of drug-likeness (QED) is 0.642. The Labute approximate surface area is 129 Å². The molecule has 4 heteroatoms. The van der Waals surface area contributed by atoms with Crippen LogP contribution in [0.1, 0.15) is 24.1 Å². The predicted molar refractivity (Wildman–Crippen MR) is 86.2 cm³/mol. The first-order valence-corrected chi connectivity index (χ1v) is 7.17. The van der Waals surface area contributed by atoms with Crippen molar-refractivity contribution in [2.45, 2.75) is 19.0 Å². The van der Waals surface area contributed by atoms with E-state index in [-0.39, 0.29) is 12.0 Å². The fourth-order valence-electron chi connectivity index (χ4n) is 2.20. The van der Waals surface area contributed by atoms with Crippen LogP contribution in [0.5, 0.6) is 0 Å². The van der Waals surface area contributed by atoms with Gasteiger partial charge in [-0.1, -0.05) is 48.5 Å². The lowest BCUT2D eigenvalue weighted by molar-refractivity contribution is -0.133. The van der Waals surface area contributed by atoms with Crippen LogP contribution >= 0.6 is 0 Å². The van der Waals surface area contributed by atoms with Crippen molar-refractivity contribution in [2.24, 2.45) is 9.98 Å². The number of carbonyl (C=O) groups excluding carboxylic acids is 1. The minimum Gasteiger partial charge on any atom is -0.405 e. The van der Waals surface area contributed by atoms with Crippen molar-refractivity contribution < 1.29 is 9.53 Å². The Morgan fingerprint density at radius 1 is 1.09 bits per heavy atom. The van der Waals surface area contributed by atoms with Crippen LogP contribution in [0, 0.1) is 0 Å². The first kappa shape index (κ1) is 14.2. The maximum absolute atomic E-state index is 11.9. The standard InChI is InChI=1S/C18H16N2O2/c1-13(14-8-4-2-5-9-14)19-12-16-18(21)22-17(20-16)15-10-6-3-7-11-15/h2-13,16H,1H3/t13-,16?/m0/s1. The van der Waals surface area contributed by atoms with Crippen molar-refractivity contribution >= 4 is 18.1 Å². The number of rotatable bonds is 4. The molecule has 1 heterocycles. The van der Waals surface area contributed by atoms with Gasteiger partial charge in [-0.3, -0.25) is 4.99 Å². The molecule has 0 fully saturated rings. The first-order valence-electron chi connectivity index (χ1n) is 7.17. The Bertz CT molecular complexity index is 708. The monoisotopic (exact) mass is 292 g/mol. The molecule has 0 spiro atoms. The minimum absolute atomic E-state index is 0.0232. The molecule has 2 aromatic carbocycles. The summed E-state index contributed by atoms with van der Waals surface area (Å²) in [5.74, 6) is -0.0303. The highest BCUT2D eigenvalue weighted by molar-refractivity contribution is 6.11. The number of nitrogens with zero attached hydrogens (tertiary/aromatic N) is 2. The minimum atomic E-state index is -0.665. The molecule has 0 saturated carbocycles. The second-order valence-corrected chi connectivity index (χ2v) is 5.05. The summed E-state index contributed by atoms with van der Waals surface area (Å²) < 4.78 is 5.22. The van der Waals surface area contributed by atoms with Gasteiger partial charge in [0.25, 0.3) is 0 Å². The van der Waals surface area contributed by atoms with E-state index in [0.29, 0.717) is 5.90 Å².